The molecule has 0 bridgehead atoms. The Balaban J connectivity index is 2.26. The van der Waals surface area contributed by atoms with Gasteiger partial charge in [-0.1, -0.05) is 52.5 Å². The molecule has 0 aliphatic carbocycles. The molecule has 0 aliphatic heterocycles. The van der Waals surface area contributed by atoms with Crippen LogP contribution in [-0.4, -0.2) is 0 Å². The Bertz CT molecular complexity index is 547. The summed E-state index contributed by atoms with van der Waals surface area (Å²) in [5.74, 6) is 0. The first-order valence-electron chi connectivity index (χ1n) is 5.14. The van der Waals surface area contributed by atoms with Gasteiger partial charge in [0.05, 0.1) is 30.4 Å². The van der Waals surface area contributed by atoms with Crippen LogP contribution in [0.5, 0.6) is 0 Å². The van der Waals surface area contributed by atoms with Crippen molar-refractivity contribution in [1.82, 2.24) is 0 Å². The Kier molecular flexibility index (Phi) is 4.68. The van der Waals surface area contributed by atoms with Crippen LogP contribution in [0.3, 0.4) is 0 Å². The fraction of sp³-hybridized carbons (Fsp3) is 0.167. The highest BCUT2D eigenvalue weighted by Gasteiger charge is 2.15. The van der Waals surface area contributed by atoms with Crippen LogP contribution in [0.4, 0.5) is 5.69 Å². The molecule has 2 rings (SSSR count). The SMILES string of the molecule is CC(Nc1c(Cl)cccc1Cl)c1cc(Cl)sc1Cl. The molecule has 1 heterocycles. The Morgan fingerprint density at radius 3 is 2.22 bits per heavy atom. The molecule has 0 fully saturated rings. The second kappa shape index (κ2) is 5.89. The van der Waals surface area contributed by atoms with Crippen molar-refractivity contribution in [3.8, 4) is 0 Å². The lowest BCUT2D eigenvalue weighted by atomic mass is 10.1. The van der Waals surface area contributed by atoms with Crippen molar-refractivity contribution in [2.45, 2.75) is 13.0 Å². The summed E-state index contributed by atoms with van der Waals surface area (Å²) in [7, 11) is 0. The van der Waals surface area contributed by atoms with Crippen molar-refractivity contribution in [2.75, 3.05) is 5.32 Å². The zero-order valence-corrected chi connectivity index (χ0v) is 13.1. The Labute approximate surface area is 130 Å². The molecular formula is C12H9Cl4NS. The molecule has 2 aromatic rings. The van der Waals surface area contributed by atoms with E-state index < -0.39 is 0 Å². The van der Waals surface area contributed by atoms with Gasteiger partial charge in [0.15, 0.2) is 0 Å². The second-order valence-corrected chi connectivity index (χ2v) is 6.84. The molecule has 0 aliphatic rings. The molecule has 1 aromatic heterocycles. The fourth-order valence-electron chi connectivity index (χ4n) is 1.58. The van der Waals surface area contributed by atoms with Gasteiger partial charge in [0.2, 0.25) is 0 Å². The van der Waals surface area contributed by atoms with Gasteiger partial charge in [-0.2, -0.15) is 0 Å². The number of anilines is 1. The molecule has 18 heavy (non-hydrogen) atoms. The first-order chi connectivity index (χ1) is 8.49. The summed E-state index contributed by atoms with van der Waals surface area (Å²) in [4.78, 5) is 0. The highest BCUT2D eigenvalue weighted by Crippen LogP contribution is 2.38. The maximum atomic E-state index is 6.11. The lowest BCUT2D eigenvalue weighted by molar-refractivity contribution is 0.891. The predicted molar refractivity (Wildman–Crippen MR) is 82.8 cm³/mol. The van der Waals surface area contributed by atoms with Crippen LogP contribution in [0.2, 0.25) is 18.7 Å². The van der Waals surface area contributed by atoms with Gasteiger partial charge in [0.1, 0.15) is 0 Å². The standard InChI is InChI=1S/C12H9Cl4NS/c1-6(7-5-10(15)18-12(7)16)17-11-8(13)3-2-4-9(11)14/h2-6,17H,1H3. The maximum absolute atomic E-state index is 6.11. The van der Waals surface area contributed by atoms with Gasteiger partial charge in [-0.3, -0.25) is 0 Å². The average molecular weight is 341 g/mol. The molecule has 0 saturated heterocycles. The largest absolute Gasteiger partial charge is 0.376 e. The Hall–Kier alpha value is -0.120. The minimum absolute atomic E-state index is 0.0290. The fourth-order valence-corrected chi connectivity index (χ4v) is 3.73. The summed E-state index contributed by atoms with van der Waals surface area (Å²) in [6.07, 6.45) is 0. The van der Waals surface area contributed by atoms with Crippen LogP contribution in [0, 0.1) is 0 Å². The Morgan fingerprint density at radius 1 is 1.11 bits per heavy atom. The van der Waals surface area contributed by atoms with Crippen LogP contribution in [0.25, 0.3) is 0 Å². The van der Waals surface area contributed by atoms with E-state index in [1.165, 1.54) is 11.3 Å². The molecule has 6 heteroatoms. The third-order valence-electron chi connectivity index (χ3n) is 2.47. The van der Waals surface area contributed by atoms with Gasteiger partial charge >= 0.3 is 0 Å². The molecule has 0 amide bonds. The van der Waals surface area contributed by atoms with Crippen molar-refractivity contribution in [3.05, 3.63) is 48.5 Å². The van der Waals surface area contributed by atoms with Gasteiger partial charge in [-0.05, 0) is 25.1 Å². The minimum atomic E-state index is -0.0290. The summed E-state index contributed by atoms with van der Waals surface area (Å²) in [6.45, 7) is 1.98. The molecule has 1 unspecified atom stereocenters. The van der Waals surface area contributed by atoms with Crippen molar-refractivity contribution < 1.29 is 0 Å². The smallest absolute Gasteiger partial charge is 0.0996 e. The molecule has 0 radical (unpaired) electrons. The van der Waals surface area contributed by atoms with Crippen LogP contribution in [0.1, 0.15) is 18.5 Å². The number of halogens is 4. The minimum Gasteiger partial charge on any atom is -0.376 e. The first-order valence-corrected chi connectivity index (χ1v) is 7.47. The zero-order chi connectivity index (χ0) is 13.3. The lowest BCUT2D eigenvalue weighted by Gasteiger charge is -2.17. The van der Waals surface area contributed by atoms with E-state index in [1.807, 2.05) is 13.0 Å². The van der Waals surface area contributed by atoms with Crippen molar-refractivity contribution in [1.29, 1.82) is 0 Å². The molecule has 1 nitrogen and oxygen atoms in total. The van der Waals surface area contributed by atoms with Crippen molar-refractivity contribution in [3.63, 3.8) is 0 Å². The summed E-state index contributed by atoms with van der Waals surface area (Å²) in [5.41, 5.74) is 1.63. The number of rotatable bonds is 3. The number of benzene rings is 1. The summed E-state index contributed by atoms with van der Waals surface area (Å²) < 4.78 is 1.33. The average Bonchev–Trinajstić information content (AvgIpc) is 2.63. The van der Waals surface area contributed by atoms with E-state index in [0.717, 1.165) is 5.56 Å². The predicted octanol–water partition coefficient (Wildman–Crippen LogP) is 6.53. The van der Waals surface area contributed by atoms with E-state index in [0.29, 0.717) is 24.4 Å². The van der Waals surface area contributed by atoms with Crippen LogP contribution >= 0.6 is 57.7 Å². The van der Waals surface area contributed by atoms with E-state index in [4.69, 9.17) is 46.4 Å². The molecule has 0 saturated carbocycles. The maximum Gasteiger partial charge on any atom is 0.0996 e. The number of nitrogens with one attached hydrogen (secondary N) is 1. The number of hydrogen-bond acceptors (Lipinski definition) is 2. The van der Waals surface area contributed by atoms with E-state index in [2.05, 4.69) is 5.32 Å². The number of thiophene rings is 1. The molecule has 1 aromatic carbocycles. The zero-order valence-electron chi connectivity index (χ0n) is 9.31. The van der Waals surface area contributed by atoms with Gasteiger partial charge in [0, 0.05) is 5.56 Å². The number of hydrogen-bond donors (Lipinski definition) is 1. The monoisotopic (exact) mass is 339 g/mol. The van der Waals surface area contributed by atoms with E-state index in [9.17, 15) is 0 Å². The van der Waals surface area contributed by atoms with Crippen LogP contribution in [0.15, 0.2) is 24.3 Å². The van der Waals surface area contributed by atoms with E-state index >= 15 is 0 Å². The van der Waals surface area contributed by atoms with Gasteiger partial charge in [-0.25, -0.2) is 0 Å². The molecule has 1 N–H and O–H groups in total. The molecule has 1 atom stereocenters. The third kappa shape index (κ3) is 3.06. The van der Waals surface area contributed by atoms with Crippen molar-refractivity contribution in [2.24, 2.45) is 0 Å². The molecular weight excluding hydrogens is 332 g/mol. The molecule has 96 valence electrons. The van der Waals surface area contributed by atoms with Crippen molar-refractivity contribution >= 4 is 63.4 Å². The highest BCUT2D eigenvalue weighted by molar-refractivity contribution is 7.20. The third-order valence-corrected chi connectivity index (χ3v) is 4.62. The van der Waals surface area contributed by atoms with Crippen LogP contribution in [-0.2, 0) is 0 Å². The van der Waals surface area contributed by atoms with Gasteiger partial charge in [-0.15, -0.1) is 11.3 Å². The quantitative estimate of drug-likeness (QED) is 0.669. The topological polar surface area (TPSA) is 12.0 Å². The summed E-state index contributed by atoms with van der Waals surface area (Å²) in [6, 6.07) is 7.18. The highest BCUT2D eigenvalue weighted by atomic mass is 35.5. The van der Waals surface area contributed by atoms with Gasteiger partial charge < -0.3 is 5.32 Å². The van der Waals surface area contributed by atoms with E-state index in [1.54, 1.807) is 18.2 Å². The lowest BCUT2D eigenvalue weighted by Crippen LogP contribution is -2.06. The summed E-state index contributed by atoms with van der Waals surface area (Å²) in [5, 5.41) is 4.40. The van der Waals surface area contributed by atoms with Gasteiger partial charge in [0.25, 0.3) is 0 Å². The second-order valence-electron chi connectivity index (χ2n) is 3.74. The Morgan fingerprint density at radius 2 is 1.72 bits per heavy atom. The summed E-state index contributed by atoms with van der Waals surface area (Å²) >= 11 is 25.6. The normalized spacial score (nSPS) is 12.5. The van der Waals surface area contributed by atoms with Crippen LogP contribution < -0.4 is 5.32 Å². The van der Waals surface area contributed by atoms with E-state index in [-0.39, 0.29) is 6.04 Å². The number of para-hydroxylation sites is 1. The first kappa shape index (κ1) is 14.3. The molecule has 0 spiro atoms.